The standard InChI is InChI=1S/C12H16ClNO3/c1-8(15)10-7-9(13)3-4-11(10)17-6-5-12(16)14-2/h3-4,7-8,15H,5-6H2,1-2H3,(H,14,16). The third-order valence-electron chi connectivity index (χ3n) is 2.29. The van der Waals surface area contributed by atoms with Crippen LogP contribution in [0.15, 0.2) is 18.2 Å². The molecule has 0 saturated heterocycles. The summed E-state index contributed by atoms with van der Waals surface area (Å²) in [6.07, 6.45) is -0.387. The molecule has 17 heavy (non-hydrogen) atoms. The zero-order chi connectivity index (χ0) is 12.8. The molecule has 0 aromatic heterocycles. The lowest BCUT2D eigenvalue weighted by molar-refractivity contribution is -0.121. The number of aliphatic hydroxyl groups excluding tert-OH is 1. The molecule has 1 atom stereocenters. The molecule has 5 heteroatoms. The van der Waals surface area contributed by atoms with Crippen molar-refractivity contribution in [1.82, 2.24) is 5.32 Å². The number of carbonyl (C=O) groups excluding carboxylic acids is 1. The van der Waals surface area contributed by atoms with E-state index in [9.17, 15) is 9.90 Å². The number of hydrogen-bond donors (Lipinski definition) is 2. The van der Waals surface area contributed by atoms with Crippen molar-refractivity contribution in [3.8, 4) is 5.75 Å². The van der Waals surface area contributed by atoms with Crippen molar-refractivity contribution in [2.45, 2.75) is 19.4 Å². The van der Waals surface area contributed by atoms with Crippen LogP contribution in [0.2, 0.25) is 5.02 Å². The Morgan fingerprint density at radius 2 is 2.29 bits per heavy atom. The van der Waals surface area contributed by atoms with E-state index in [2.05, 4.69) is 5.32 Å². The Labute approximate surface area is 106 Å². The van der Waals surface area contributed by atoms with Gasteiger partial charge in [-0.05, 0) is 25.1 Å². The molecule has 0 saturated carbocycles. The van der Waals surface area contributed by atoms with Crippen LogP contribution in [-0.4, -0.2) is 24.7 Å². The highest BCUT2D eigenvalue weighted by Gasteiger charge is 2.10. The van der Waals surface area contributed by atoms with Crippen LogP contribution in [0, 0.1) is 0 Å². The Bertz CT molecular complexity index is 393. The second kappa shape index (κ2) is 6.47. The molecule has 1 aromatic rings. The second-order valence-corrected chi connectivity index (χ2v) is 4.07. The maximum absolute atomic E-state index is 11.0. The average molecular weight is 258 g/mol. The van der Waals surface area contributed by atoms with Crippen LogP contribution in [0.3, 0.4) is 0 Å². The van der Waals surface area contributed by atoms with Gasteiger partial charge in [-0.1, -0.05) is 11.6 Å². The van der Waals surface area contributed by atoms with Gasteiger partial charge >= 0.3 is 0 Å². The third-order valence-corrected chi connectivity index (χ3v) is 2.52. The van der Waals surface area contributed by atoms with Crippen molar-refractivity contribution in [2.24, 2.45) is 0 Å². The van der Waals surface area contributed by atoms with E-state index in [-0.39, 0.29) is 18.9 Å². The highest BCUT2D eigenvalue weighted by Crippen LogP contribution is 2.28. The van der Waals surface area contributed by atoms with Crippen molar-refractivity contribution in [2.75, 3.05) is 13.7 Å². The number of carbonyl (C=O) groups is 1. The van der Waals surface area contributed by atoms with Gasteiger partial charge in [0.2, 0.25) is 5.91 Å². The van der Waals surface area contributed by atoms with E-state index in [4.69, 9.17) is 16.3 Å². The van der Waals surface area contributed by atoms with Crippen molar-refractivity contribution >= 4 is 17.5 Å². The molecule has 4 nitrogen and oxygen atoms in total. The molecule has 1 unspecified atom stereocenters. The summed E-state index contributed by atoms with van der Waals surface area (Å²) in [6.45, 7) is 1.90. The van der Waals surface area contributed by atoms with Crippen LogP contribution in [0.1, 0.15) is 25.0 Å². The smallest absolute Gasteiger partial charge is 0.223 e. The number of nitrogens with one attached hydrogen (secondary N) is 1. The number of amides is 1. The summed E-state index contributed by atoms with van der Waals surface area (Å²) in [4.78, 5) is 11.0. The molecular weight excluding hydrogens is 242 g/mol. The van der Waals surface area contributed by atoms with Gasteiger partial charge in [0.15, 0.2) is 0 Å². The number of benzene rings is 1. The summed E-state index contributed by atoms with van der Waals surface area (Å²) in [7, 11) is 1.58. The normalized spacial score (nSPS) is 12.0. The predicted octanol–water partition coefficient (Wildman–Crippen LogP) is 1.91. The van der Waals surface area contributed by atoms with Crippen molar-refractivity contribution in [3.05, 3.63) is 28.8 Å². The van der Waals surface area contributed by atoms with E-state index in [1.165, 1.54) is 0 Å². The first-order valence-corrected chi connectivity index (χ1v) is 5.73. The molecule has 0 aliphatic carbocycles. The van der Waals surface area contributed by atoms with Gasteiger partial charge in [0.05, 0.1) is 19.1 Å². The second-order valence-electron chi connectivity index (χ2n) is 3.63. The van der Waals surface area contributed by atoms with Crippen LogP contribution in [0.5, 0.6) is 5.75 Å². The number of ether oxygens (including phenoxy) is 1. The van der Waals surface area contributed by atoms with Gasteiger partial charge in [0.1, 0.15) is 5.75 Å². The molecule has 2 N–H and O–H groups in total. The minimum Gasteiger partial charge on any atom is -0.493 e. The highest BCUT2D eigenvalue weighted by molar-refractivity contribution is 6.30. The Kier molecular flexibility index (Phi) is 5.25. The molecule has 0 radical (unpaired) electrons. The van der Waals surface area contributed by atoms with Crippen LogP contribution in [0.4, 0.5) is 0 Å². The first kappa shape index (κ1) is 13.8. The Morgan fingerprint density at radius 1 is 1.59 bits per heavy atom. The molecular formula is C12H16ClNO3. The van der Waals surface area contributed by atoms with Gasteiger partial charge in [-0.25, -0.2) is 0 Å². The van der Waals surface area contributed by atoms with Crippen LogP contribution in [0.25, 0.3) is 0 Å². The van der Waals surface area contributed by atoms with Gasteiger partial charge in [-0.2, -0.15) is 0 Å². The molecule has 0 aliphatic rings. The molecule has 1 aromatic carbocycles. The van der Waals surface area contributed by atoms with Crippen LogP contribution >= 0.6 is 11.6 Å². The van der Waals surface area contributed by atoms with Gasteiger partial charge in [-0.15, -0.1) is 0 Å². The Morgan fingerprint density at radius 3 is 2.88 bits per heavy atom. The maximum Gasteiger partial charge on any atom is 0.223 e. The lowest BCUT2D eigenvalue weighted by Gasteiger charge is -2.13. The van der Waals surface area contributed by atoms with Crippen LogP contribution < -0.4 is 10.1 Å². The Balaban J connectivity index is 2.67. The van der Waals surface area contributed by atoms with Crippen LogP contribution in [-0.2, 0) is 4.79 Å². The Hall–Kier alpha value is -1.26. The quantitative estimate of drug-likeness (QED) is 0.847. The van der Waals surface area contributed by atoms with Crippen molar-refractivity contribution in [3.63, 3.8) is 0 Å². The lowest BCUT2D eigenvalue weighted by atomic mass is 10.1. The largest absolute Gasteiger partial charge is 0.493 e. The molecule has 0 heterocycles. The molecule has 0 aliphatic heterocycles. The summed E-state index contributed by atoms with van der Waals surface area (Å²) >= 11 is 5.84. The molecule has 0 bridgehead atoms. The number of hydrogen-bond acceptors (Lipinski definition) is 3. The lowest BCUT2D eigenvalue weighted by Crippen LogP contribution is -2.20. The van der Waals surface area contributed by atoms with E-state index >= 15 is 0 Å². The molecule has 0 fully saturated rings. The van der Waals surface area contributed by atoms with E-state index in [0.29, 0.717) is 16.3 Å². The number of aliphatic hydroxyl groups is 1. The molecule has 1 rings (SSSR count). The zero-order valence-electron chi connectivity index (χ0n) is 9.87. The molecule has 94 valence electrons. The minimum atomic E-state index is -0.663. The summed E-state index contributed by atoms with van der Waals surface area (Å²) in [5.41, 5.74) is 0.620. The number of rotatable bonds is 5. The fraction of sp³-hybridized carbons (Fsp3) is 0.417. The van der Waals surface area contributed by atoms with E-state index in [0.717, 1.165) is 0 Å². The first-order valence-electron chi connectivity index (χ1n) is 5.35. The summed E-state index contributed by atoms with van der Waals surface area (Å²) in [5.74, 6) is 0.464. The fourth-order valence-electron chi connectivity index (χ4n) is 1.36. The topological polar surface area (TPSA) is 58.6 Å². The number of halogens is 1. The minimum absolute atomic E-state index is 0.0856. The average Bonchev–Trinajstić information content (AvgIpc) is 2.30. The predicted molar refractivity (Wildman–Crippen MR) is 66.3 cm³/mol. The van der Waals surface area contributed by atoms with Gasteiger partial charge in [0, 0.05) is 17.6 Å². The van der Waals surface area contributed by atoms with Gasteiger partial charge in [-0.3, -0.25) is 4.79 Å². The van der Waals surface area contributed by atoms with E-state index < -0.39 is 6.10 Å². The summed E-state index contributed by atoms with van der Waals surface area (Å²) < 4.78 is 5.45. The van der Waals surface area contributed by atoms with Gasteiger partial charge in [0.25, 0.3) is 0 Å². The monoisotopic (exact) mass is 257 g/mol. The van der Waals surface area contributed by atoms with E-state index in [1.807, 2.05) is 0 Å². The maximum atomic E-state index is 11.0. The van der Waals surface area contributed by atoms with Crippen molar-refractivity contribution in [1.29, 1.82) is 0 Å². The first-order chi connectivity index (χ1) is 8.04. The van der Waals surface area contributed by atoms with Gasteiger partial charge < -0.3 is 15.2 Å². The fourth-order valence-corrected chi connectivity index (χ4v) is 1.54. The summed E-state index contributed by atoms with van der Waals surface area (Å²) in [6, 6.07) is 5.03. The molecule has 1 amide bonds. The third kappa shape index (κ3) is 4.24. The molecule has 0 spiro atoms. The SMILES string of the molecule is CNC(=O)CCOc1ccc(Cl)cc1C(C)O. The summed E-state index contributed by atoms with van der Waals surface area (Å²) in [5, 5.41) is 12.6. The van der Waals surface area contributed by atoms with Crippen molar-refractivity contribution < 1.29 is 14.6 Å². The van der Waals surface area contributed by atoms with E-state index in [1.54, 1.807) is 32.2 Å². The highest BCUT2D eigenvalue weighted by atomic mass is 35.5. The zero-order valence-corrected chi connectivity index (χ0v) is 10.6.